The van der Waals surface area contributed by atoms with Gasteiger partial charge in [0.25, 0.3) is 0 Å². The molecule has 0 amide bonds. The number of carboxylic acids is 1. The van der Waals surface area contributed by atoms with Crippen LogP contribution in [0.5, 0.6) is 0 Å². The summed E-state index contributed by atoms with van der Waals surface area (Å²) in [7, 11) is -4.75. The molecule has 0 aromatic carbocycles. The quantitative estimate of drug-likeness (QED) is 0.0153. The smallest absolute Gasteiger partial charge is 0.472 e. The first-order chi connectivity index (χ1) is 27.5. The second kappa shape index (κ2) is 38.2. The lowest BCUT2D eigenvalue weighted by molar-refractivity contribution is -0.161. The third-order valence-electron chi connectivity index (χ3n) is 8.20. The molecule has 0 radical (unpaired) electrons. The molecular weight excluding hydrogens is 749 g/mol. The van der Waals surface area contributed by atoms with E-state index in [0.29, 0.717) is 25.7 Å². The normalized spacial score (nSPS) is 15.2. The number of allylic oxidation sites excluding steroid dienone is 12. The molecule has 0 saturated carbocycles. The summed E-state index contributed by atoms with van der Waals surface area (Å²) in [6.45, 7) is 2.43. The van der Waals surface area contributed by atoms with Gasteiger partial charge in [-0.05, 0) is 77.0 Å². The number of unbranched alkanes of at least 4 members (excludes halogenated alkanes) is 9. The van der Waals surface area contributed by atoms with Crippen molar-refractivity contribution in [3.05, 3.63) is 85.1 Å². The second-order valence-corrected chi connectivity index (χ2v) is 15.0. The van der Waals surface area contributed by atoms with Crippen molar-refractivity contribution in [1.82, 2.24) is 0 Å². The molecule has 13 heteroatoms. The number of esters is 2. The Morgan fingerprint density at radius 1 is 0.649 bits per heavy atom. The van der Waals surface area contributed by atoms with Gasteiger partial charge in [-0.3, -0.25) is 23.4 Å². The molecule has 0 saturated heterocycles. The maximum absolute atomic E-state index is 12.6. The highest BCUT2D eigenvalue weighted by Gasteiger charge is 2.28. The van der Waals surface area contributed by atoms with E-state index in [-0.39, 0.29) is 12.8 Å². The first kappa shape index (κ1) is 53.6. The van der Waals surface area contributed by atoms with Gasteiger partial charge in [0.1, 0.15) is 12.6 Å². The zero-order chi connectivity index (χ0) is 42.2. The van der Waals surface area contributed by atoms with Crippen LogP contribution in [-0.2, 0) is 37.5 Å². The Hall–Kier alpha value is -3.38. The molecule has 2 unspecified atom stereocenters. The Bertz CT molecular complexity index is 1300. The number of ether oxygens (including phenoxy) is 2. The van der Waals surface area contributed by atoms with Crippen LogP contribution in [0, 0.1) is 0 Å². The van der Waals surface area contributed by atoms with Gasteiger partial charge in [0, 0.05) is 12.8 Å². The summed E-state index contributed by atoms with van der Waals surface area (Å²) in [6.07, 6.45) is 42.8. The van der Waals surface area contributed by atoms with E-state index in [1.54, 1.807) is 6.08 Å². The molecule has 0 rings (SSSR count). The highest BCUT2D eigenvalue weighted by Crippen LogP contribution is 2.43. The molecule has 5 N–H and O–H groups in total. The lowest BCUT2D eigenvalue weighted by Crippen LogP contribution is -2.34. The number of phosphoric acid groups is 1. The van der Waals surface area contributed by atoms with E-state index in [2.05, 4.69) is 47.9 Å². The molecule has 0 aromatic rings. The van der Waals surface area contributed by atoms with Crippen LogP contribution in [0.15, 0.2) is 85.1 Å². The van der Waals surface area contributed by atoms with Crippen molar-refractivity contribution in [3.63, 3.8) is 0 Å². The molecule has 0 heterocycles. The summed E-state index contributed by atoms with van der Waals surface area (Å²) in [4.78, 5) is 45.9. The first-order valence-corrected chi connectivity index (χ1v) is 22.2. The van der Waals surface area contributed by atoms with Crippen LogP contribution in [0.2, 0.25) is 0 Å². The standard InChI is InChI=1S/C44H72NO11P/c1-3-5-7-8-9-10-11-12-13-14-19-22-25-28-31-35-43(48)56-40(37-54-57(51,52)55-38-41(45)44(49)50)36-53-42(47)34-30-27-24-21-18-16-15-17-20-23-26-29-33-39(46)32-6-4-2/h6,9-10,12-13,15-16,20-21,23-24,26,29,32,39-41,46H,3-5,7-8,11,14,17-19,22,25,27-28,30-31,33-38,45H2,1-2H3,(H,49,50)(H,51,52)/b10-9-,13-12-,16-15-,23-20-,24-21-,29-26+,32-6-/t39?,40-,41+/m1/s1. The van der Waals surface area contributed by atoms with E-state index >= 15 is 0 Å². The van der Waals surface area contributed by atoms with E-state index in [1.165, 1.54) is 19.3 Å². The number of aliphatic hydroxyl groups is 1. The minimum Gasteiger partial charge on any atom is -0.480 e. The van der Waals surface area contributed by atoms with Crippen LogP contribution in [-0.4, -0.2) is 71.1 Å². The number of carbonyl (C=O) groups excluding carboxylic acids is 2. The largest absolute Gasteiger partial charge is 0.480 e. The van der Waals surface area contributed by atoms with Gasteiger partial charge in [0.2, 0.25) is 0 Å². The fourth-order valence-electron chi connectivity index (χ4n) is 4.91. The van der Waals surface area contributed by atoms with Crippen LogP contribution in [0.1, 0.15) is 136 Å². The molecule has 0 spiro atoms. The third kappa shape index (κ3) is 37.9. The van der Waals surface area contributed by atoms with E-state index in [1.807, 2.05) is 49.5 Å². The predicted octanol–water partition coefficient (Wildman–Crippen LogP) is 9.69. The maximum atomic E-state index is 12.6. The maximum Gasteiger partial charge on any atom is 0.472 e. The molecule has 0 aliphatic rings. The molecule has 57 heavy (non-hydrogen) atoms. The van der Waals surface area contributed by atoms with E-state index in [9.17, 15) is 28.9 Å². The van der Waals surface area contributed by atoms with Crippen LogP contribution < -0.4 is 5.73 Å². The molecule has 0 aliphatic carbocycles. The number of nitrogens with two attached hydrogens (primary N) is 1. The third-order valence-corrected chi connectivity index (χ3v) is 9.15. The van der Waals surface area contributed by atoms with Gasteiger partial charge in [-0.1, -0.05) is 131 Å². The highest BCUT2D eigenvalue weighted by molar-refractivity contribution is 7.47. The fourth-order valence-corrected chi connectivity index (χ4v) is 5.69. The summed E-state index contributed by atoms with van der Waals surface area (Å²) in [5.74, 6) is -2.51. The number of carbonyl (C=O) groups is 3. The van der Waals surface area contributed by atoms with Crippen molar-refractivity contribution in [3.8, 4) is 0 Å². The van der Waals surface area contributed by atoms with Crippen molar-refractivity contribution >= 4 is 25.7 Å². The minimum absolute atomic E-state index is 0.118. The Morgan fingerprint density at radius 2 is 1.19 bits per heavy atom. The molecule has 4 atom stereocenters. The van der Waals surface area contributed by atoms with Gasteiger partial charge in [0.05, 0.1) is 19.3 Å². The first-order valence-electron chi connectivity index (χ1n) is 20.7. The monoisotopic (exact) mass is 821 g/mol. The molecular formula is C44H72NO11P. The summed E-state index contributed by atoms with van der Waals surface area (Å²) >= 11 is 0. The molecule has 0 aliphatic heterocycles. The summed E-state index contributed by atoms with van der Waals surface area (Å²) in [6, 6.07) is -1.54. The van der Waals surface area contributed by atoms with Gasteiger partial charge in [-0.15, -0.1) is 0 Å². The van der Waals surface area contributed by atoms with Gasteiger partial charge in [-0.2, -0.15) is 0 Å². The number of aliphatic carboxylic acids is 1. The average molecular weight is 822 g/mol. The Labute approximate surface area is 342 Å². The zero-order valence-electron chi connectivity index (χ0n) is 34.5. The molecule has 0 fully saturated rings. The van der Waals surface area contributed by atoms with Crippen LogP contribution in [0.4, 0.5) is 0 Å². The Balaban J connectivity index is 4.56. The molecule has 0 bridgehead atoms. The molecule has 324 valence electrons. The lowest BCUT2D eigenvalue weighted by atomic mass is 10.1. The number of hydrogen-bond donors (Lipinski definition) is 4. The predicted molar refractivity (Wildman–Crippen MR) is 227 cm³/mol. The van der Waals surface area contributed by atoms with Crippen molar-refractivity contribution in [1.29, 1.82) is 0 Å². The minimum atomic E-state index is -4.75. The zero-order valence-corrected chi connectivity index (χ0v) is 35.4. The lowest BCUT2D eigenvalue weighted by Gasteiger charge is -2.20. The van der Waals surface area contributed by atoms with E-state index in [0.717, 1.165) is 64.2 Å². The number of phosphoric ester groups is 1. The molecule has 12 nitrogen and oxygen atoms in total. The number of carboxylic acid groups (broad SMARTS) is 1. The van der Waals surface area contributed by atoms with Gasteiger partial charge >= 0.3 is 25.7 Å². The van der Waals surface area contributed by atoms with Gasteiger partial charge in [-0.25, -0.2) is 4.57 Å². The van der Waals surface area contributed by atoms with Crippen LogP contribution in [0.25, 0.3) is 0 Å². The van der Waals surface area contributed by atoms with Crippen molar-refractivity contribution in [2.45, 2.75) is 154 Å². The Kier molecular flexibility index (Phi) is 35.9. The number of hydrogen-bond acceptors (Lipinski definition) is 10. The van der Waals surface area contributed by atoms with Crippen molar-refractivity contribution in [2.24, 2.45) is 5.73 Å². The summed E-state index contributed by atoms with van der Waals surface area (Å²) < 4.78 is 32.5. The average Bonchev–Trinajstić information content (AvgIpc) is 3.18. The summed E-state index contributed by atoms with van der Waals surface area (Å²) in [5, 5.41) is 18.6. The summed E-state index contributed by atoms with van der Waals surface area (Å²) in [5.41, 5.74) is 5.32. The second-order valence-electron chi connectivity index (χ2n) is 13.6. The van der Waals surface area contributed by atoms with Crippen molar-refractivity contribution < 1.29 is 52.6 Å². The van der Waals surface area contributed by atoms with Gasteiger partial charge in [0.15, 0.2) is 6.10 Å². The number of rotatable bonds is 37. The topological polar surface area (TPSA) is 192 Å². The van der Waals surface area contributed by atoms with E-state index < -0.39 is 63.8 Å². The highest BCUT2D eigenvalue weighted by atomic mass is 31.2. The fraction of sp³-hybridized carbons (Fsp3) is 0.614. The van der Waals surface area contributed by atoms with Crippen LogP contribution in [0.3, 0.4) is 0 Å². The number of aliphatic hydroxyl groups excluding tert-OH is 1. The molecule has 0 aromatic heterocycles. The SMILES string of the molecule is CC/C=C\C(O)C/C=C/C=C\C/C=C\C/C=C\CCCC(=O)OC[C@H](COP(=O)(O)OC[C@H](N)C(=O)O)OC(=O)CCCCCCC/C=C\C/C=C\CCCCC. The van der Waals surface area contributed by atoms with Gasteiger partial charge < -0.3 is 30.3 Å². The van der Waals surface area contributed by atoms with Crippen LogP contribution >= 0.6 is 7.82 Å². The van der Waals surface area contributed by atoms with Crippen molar-refractivity contribution in [2.75, 3.05) is 19.8 Å². The Morgan fingerprint density at radius 3 is 1.84 bits per heavy atom. The van der Waals surface area contributed by atoms with E-state index in [4.69, 9.17) is 24.8 Å².